The second kappa shape index (κ2) is 19.9. The Morgan fingerprint density at radius 2 is 0.562 bits per heavy atom. The van der Waals surface area contributed by atoms with Gasteiger partial charge in [-0.1, -0.05) is 184 Å². The van der Waals surface area contributed by atoms with Gasteiger partial charge in [0.25, 0.3) is 0 Å². The molecule has 3 aromatic rings. The maximum atomic E-state index is 3.82. The maximum absolute atomic E-state index is 3.82. The summed E-state index contributed by atoms with van der Waals surface area (Å²) in [6, 6.07) is 22.2. The first-order valence-corrected chi connectivity index (χ1v) is 30.5. The summed E-state index contributed by atoms with van der Waals surface area (Å²) in [5, 5.41) is 0. The highest BCUT2D eigenvalue weighted by molar-refractivity contribution is 8.77. The Morgan fingerprint density at radius 3 is 0.896 bits per heavy atom. The predicted octanol–water partition coefficient (Wildman–Crippen LogP) is 14.5. The molecule has 0 fully saturated rings. The Kier molecular flexibility index (Phi) is 15.5. The standard InChI is InChI=1S/C36H35S12/c1-25-2-27-3-26(1)14-38-40-17-29-5-31-9-33(7-29)22-46-48-24-36-11-34(18-42-41-15-27)10-35(12-36)23-47-45-21-32-6-28(16-39-37-13-25)4-30(8-32)19-43-44-20-31/h1-11H,13-24H2/q+1. The Balaban J connectivity index is 1.27. The molecule has 4 heterocycles. The molecule has 0 saturated heterocycles. The van der Waals surface area contributed by atoms with E-state index in [0.717, 1.165) is 69.0 Å². The summed E-state index contributed by atoms with van der Waals surface area (Å²) in [4.78, 5) is 0. The van der Waals surface area contributed by atoms with Gasteiger partial charge < -0.3 is 0 Å². The van der Waals surface area contributed by atoms with Crippen molar-refractivity contribution in [1.82, 2.24) is 0 Å². The minimum absolute atomic E-state index is 0.994. The second-order valence-electron chi connectivity index (χ2n) is 11.7. The first kappa shape index (κ1) is 37.3. The maximum Gasteiger partial charge on any atom is 0.127 e. The first-order chi connectivity index (χ1) is 23.7. The molecular formula is C36H35S12+. The van der Waals surface area contributed by atoms with Gasteiger partial charge in [0, 0.05) is 57.9 Å². The number of benzene rings is 3. The zero-order valence-corrected chi connectivity index (χ0v) is 36.0. The van der Waals surface area contributed by atoms with Crippen LogP contribution in [0.2, 0.25) is 0 Å². The summed E-state index contributed by atoms with van der Waals surface area (Å²) < 4.78 is 0. The monoisotopic (exact) mass is 851 g/mol. The van der Waals surface area contributed by atoms with Crippen LogP contribution in [0.25, 0.3) is 0 Å². The quantitative estimate of drug-likeness (QED) is 0.156. The van der Waals surface area contributed by atoms with Crippen molar-refractivity contribution in [3.63, 3.8) is 0 Å². The molecule has 48 heavy (non-hydrogen) atoms. The van der Waals surface area contributed by atoms with Crippen molar-refractivity contribution in [1.29, 1.82) is 0 Å². The highest BCUT2D eigenvalue weighted by Gasteiger charge is 2.19. The molecule has 0 saturated carbocycles. The van der Waals surface area contributed by atoms with Gasteiger partial charge in [-0.2, -0.15) is 0 Å². The van der Waals surface area contributed by atoms with Gasteiger partial charge in [0.05, 0.1) is 35.0 Å². The molecule has 8 rings (SSSR count). The van der Waals surface area contributed by atoms with Crippen LogP contribution in [0.5, 0.6) is 0 Å². The number of hydrogen-bond acceptors (Lipinski definition) is 12. The molecule has 5 aliphatic rings. The van der Waals surface area contributed by atoms with Gasteiger partial charge in [0.2, 0.25) is 0 Å². The third-order valence-electron chi connectivity index (χ3n) is 7.56. The molecule has 0 nitrogen and oxygen atoms in total. The largest absolute Gasteiger partial charge is 0.127 e. The molecule has 250 valence electrons. The van der Waals surface area contributed by atoms with Crippen molar-refractivity contribution in [2.75, 3.05) is 17.3 Å². The molecule has 0 spiro atoms. The van der Waals surface area contributed by atoms with E-state index >= 15 is 0 Å². The lowest BCUT2D eigenvalue weighted by Crippen LogP contribution is -1.99. The van der Waals surface area contributed by atoms with Crippen LogP contribution in [0.3, 0.4) is 0 Å². The van der Waals surface area contributed by atoms with Gasteiger partial charge in [-0.25, -0.2) is 0 Å². The van der Waals surface area contributed by atoms with Gasteiger partial charge in [-0.05, 0) is 50.1 Å². The summed E-state index contributed by atoms with van der Waals surface area (Å²) in [6.07, 6.45) is 8.65. The van der Waals surface area contributed by atoms with Crippen molar-refractivity contribution in [3.8, 4) is 0 Å². The average Bonchev–Trinajstić information content (AvgIpc) is 3.08. The summed E-state index contributed by atoms with van der Waals surface area (Å²) in [7, 11) is 24.0. The summed E-state index contributed by atoms with van der Waals surface area (Å²) >= 11 is 0. The molecule has 0 radical (unpaired) electrons. The lowest BCUT2D eigenvalue weighted by atomic mass is 10.0. The highest BCUT2D eigenvalue weighted by Crippen LogP contribution is 2.40. The van der Waals surface area contributed by atoms with Crippen LogP contribution >= 0.6 is 130 Å². The molecule has 0 amide bonds. The number of fused-ring (bicyclic) bond motifs is 18. The minimum atomic E-state index is 0.994. The van der Waals surface area contributed by atoms with E-state index in [-0.39, 0.29) is 0 Å². The fraction of sp³-hybridized carbons (Fsp3) is 0.333. The normalized spacial score (nSPS) is 20.0. The van der Waals surface area contributed by atoms with Gasteiger partial charge in [0.1, 0.15) is 11.1 Å². The smallest absolute Gasteiger partial charge is 0.0890 e. The Bertz CT molecular complexity index is 1400. The molecule has 12 bridgehead atoms. The number of allylic oxidation sites excluding steroid dienone is 3. The van der Waals surface area contributed by atoms with Crippen LogP contribution in [0.15, 0.2) is 83.5 Å². The van der Waals surface area contributed by atoms with Crippen molar-refractivity contribution >= 4 is 130 Å². The van der Waals surface area contributed by atoms with Crippen molar-refractivity contribution in [2.45, 2.75) is 51.8 Å². The SMILES string of the molecule is [C+]1=C2C=C3C=C1CSSCc1cc4cc(c1)CSSCc1cc(cc(c1)CSSCc1cc(cc(c1)CSSC4)CSSC2)CSSC3. The zero-order valence-electron chi connectivity index (χ0n) is 26.2. The Hall–Kier alpha value is 0.990. The lowest BCUT2D eigenvalue weighted by Gasteiger charge is -2.11. The number of rotatable bonds is 0. The third kappa shape index (κ3) is 12.0. The Morgan fingerprint density at radius 1 is 0.292 bits per heavy atom. The molecule has 3 aromatic carbocycles. The van der Waals surface area contributed by atoms with E-state index in [1.807, 2.05) is 130 Å². The molecule has 0 unspecified atom stereocenters. The van der Waals surface area contributed by atoms with E-state index in [9.17, 15) is 0 Å². The van der Waals surface area contributed by atoms with Crippen LogP contribution in [-0.2, 0) is 51.8 Å². The van der Waals surface area contributed by atoms with Gasteiger partial charge in [-0.3, -0.25) is 0 Å². The molecule has 12 heteroatoms. The van der Waals surface area contributed by atoms with E-state index < -0.39 is 0 Å². The fourth-order valence-corrected chi connectivity index (χ4v) is 18.0. The van der Waals surface area contributed by atoms with Crippen LogP contribution < -0.4 is 0 Å². The molecule has 0 aromatic heterocycles. The first-order valence-electron chi connectivity index (χ1n) is 15.6. The van der Waals surface area contributed by atoms with E-state index in [0.29, 0.717) is 0 Å². The summed E-state index contributed by atoms with van der Waals surface area (Å²) in [5.41, 5.74) is 17.2. The molecule has 0 atom stereocenters. The van der Waals surface area contributed by atoms with Crippen LogP contribution in [0, 0.1) is 6.08 Å². The zero-order chi connectivity index (χ0) is 32.4. The average molecular weight is 852 g/mol. The third-order valence-corrected chi connectivity index (χ3v) is 21.2. The Labute approximate surface area is 334 Å². The predicted molar refractivity (Wildman–Crippen MR) is 241 cm³/mol. The van der Waals surface area contributed by atoms with E-state index in [1.165, 1.54) is 66.8 Å². The van der Waals surface area contributed by atoms with E-state index in [2.05, 4.69) is 72.8 Å². The number of hydrogen-bond donors (Lipinski definition) is 0. The molecule has 1 aliphatic carbocycles. The minimum Gasteiger partial charge on any atom is -0.0890 e. The van der Waals surface area contributed by atoms with Gasteiger partial charge in [-0.15, -0.1) is 0 Å². The van der Waals surface area contributed by atoms with E-state index in [4.69, 9.17) is 0 Å². The van der Waals surface area contributed by atoms with Crippen LogP contribution in [-0.4, -0.2) is 17.3 Å². The van der Waals surface area contributed by atoms with Gasteiger partial charge >= 0.3 is 0 Å². The fourth-order valence-electron chi connectivity index (χ4n) is 5.58. The van der Waals surface area contributed by atoms with Crippen molar-refractivity contribution < 1.29 is 0 Å². The second-order valence-corrected chi connectivity index (χ2v) is 26.4. The molecule has 0 N–H and O–H groups in total. The summed E-state index contributed by atoms with van der Waals surface area (Å²) in [5.74, 6) is 12.4. The van der Waals surface area contributed by atoms with Crippen LogP contribution in [0.1, 0.15) is 50.1 Å². The van der Waals surface area contributed by atoms with Crippen molar-refractivity contribution in [3.05, 3.63) is 140 Å². The van der Waals surface area contributed by atoms with E-state index in [1.54, 1.807) is 0 Å². The van der Waals surface area contributed by atoms with Crippen molar-refractivity contribution in [2.24, 2.45) is 0 Å². The summed E-state index contributed by atoms with van der Waals surface area (Å²) in [6.45, 7) is 0. The molecular weight excluding hydrogens is 817 g/mol. The molecule has 4 aliphatic heterocycles. The lowest BCUT2D eigenvalue weighted by molar-refractivity contribution is 1.27. The van der Waals surface area contributed by atoms with Gasteiger partial charge in [0.15, 0.2) is 0 Å². The van der Waals surface area contributed by atoms with Crippen LogP contribution in [0.4, 0.5) is 0 Å². The topological polar surface area (TPSA) is 0 Å². The highest BCUT2D eigenvalue weighted by atomic mass is 33.1.